The fraction of sp³-hybridized carbons (Fsp3) is 0.556. The molecular formula is C9H14ClN3O. The minimum absolute atomic E-state index is 0.173. The smallest absolute Gasteiger partial charge is 0.224 e. The summed E-state index contributed by atoms with van der Waals surface area (Å²) in [5.41, 5.74) is 0.913. The molecule has 0 bridgehead atoms. The molecule has 0 aliphatic rings. The molecule has 78 valence electrons. The number of aryl methyl sites for hydroxylation is 1. The summed E-state index contributed by atoms with van der Waals surface area (Å²) < 4.78 is 0. The van der Waals surface area contributed by atoms with Crippen LogP contribution in [0.25, 0.3) is 0 Å². The molecule has 2 N–H and O–H groups in total. The van der Waals surface area contributed by atoms with E-state index in [1.165, 1.54) is 0 Å². The zero-order valence-corrected chi connectivity index (χ0v) is 8.88. The zero-order chi connectivity index (χ0) is 10.4. The fourth-order valence-electron chi connectivity index (χ4n) is 1.03. The average molecular weight is 216 g/mol. The average Bonchev–Trinajstić information content (AvgIpc) is 2.17. The molecule has 0 atom stereocenters. The lowest BCUT2D eigenvalue weighted by Crippen LogP contribution is -2.06. The van der Waals surface area contributed by atoms with E-state index in [1.54, 1.807) is 0 Å². The number of hydrogen-bond donors (Lipinski definition) is 2. The molecule has 1 rings (SSSR count). The number of nitrogens with zero attached hydrogens (tertiary/aromatic N) is 2. The molecule has 0 amide bonds. The molecule has 0 aliphatic heterocycles. The van der Waals surface area contributed by atoms with E-state index in [9.17, 15) is 0 Å². The van der Waals surface area contributed by atoms with Crippen LogP contribution in [-0.4, -0.2) is 28.2 Å². The van der Waals surface area contributed by atoms with E-state index < -0.39 is 0 Å². The van der Waals surface area contributed by atoms with Crippen molar-refractivity contribution in [3.05, 3.63) is 17.0 Å². The number of nitrogens with one attached hydrogen (secondary N) is 1. The highest BCUT2D eigenvalue weighted by atomic mass is 35.5. The second kappa shape index (κ2) is 5.78. The van der Waals surface area contributed by atoms with E-state index in [-0.39, 0.29) is 11.9 Å². The van der Waals surface area contributed by atoms with E-state index in [4.69, 9.17) is 16.7 Å². The Morgan fingerprint density at radius 1 is 1.50 bits per heavy atom. The van der Waals surface area contributed by atoms with Gasteiger partial charge in [-0.05, 0) is 24.4 Å². The van der Waals surface area contributed by atoms with Crippen molar-refractivity contribution in [3.63, 3.8) is 0 Å². The maximum atomic E-state index is 8.60. The van der Waals surface area contributed by atoms with Gasteiger partial charge in [-0.15, -0.1) is 0 Å². The first-order chi connectivity index (χ1) is 6.76. The van der Waals surface area contributed by atoms with Gasteiger partial charge in [0.15, 0.2) is 0 Å². The lowest BCUT2D eigenvalue weighted by Gasteiger charge is -2.05. The van der Waals surface area contributed by atoms with Gasteiger partial charge in [-0.2, -0.15) is 0 Å². The first-order valence-electron chi connectivity index (χ1n) is 4.64. The second-order valence-electron chi connectivity index (χ2n) is 2.87. The summed E-state index contributed by atoms with van der Waals surface area (Å²) in [5.74, 6) is 0.718. The first-order valence-corrected chi connectivity index (χ1v) is 5.02. The van der Waals surface area contributed by atoms with Gasteiger partial charge in [-0.3, -0.25) is 0 Å². The molecule has 14 heavy (non-hydrogen) atoms. The van der Waals surface area contributed by atoms with Crippen LogP contribution in [0.4, 0.5) is 5.82 Å². The predicted molar refractivity (Wildman–Crippen MR) is 56.6 cm³/mol. The minimum Gasteiger partial charge on any atom is -0.396 e. The Morgan fingerprint density at radius 2 is 2.29 bits per heavy atom. The Hall–Kier alpha value is -0.870. The van der Waals surface area contributed by atoms with Crippen LogP contribution in [0.2, 0.25) is 5.28 Å². The molecule has 0 radical (unpaired) electrons. The molecular weight excluding hydrogens is 202 g/mol. The largest absolute Gasteiger partial charge is 0.396 e. The lowest BCUT2D eigenvalue weighted by molar-refractivity contribution is 0.292. The fourth-order valence-corrected chi connectivity index (χ4v) is 1.23. The summed E-state index contributed by atoms with van der Waals surface area (Å²) in [6, 6.07) is 1.86. The number of aliphatic hydroxyl groups excluding tert-OH is 1. The standard InChI is InChI=1S/C9H14ClN3O/c1-2-7-6-8(11-4-3-5-14)13-9(10)12-7/h6,14H,2-5H2,1H3,(H,11,12,13). The van der Waals surface area contributed by atoms with Crippen LogP contribution in [0.1, 0.15) is 19.0 Å². The maximum Gasteiger partial charge on any atom is 0.224 e. The summed E-state index contributed by atoms with van der Waals surface area (Å²) in [6.45, 7) is 2.87. The molecule has 1 aromatic heterocycles. The molecule has 0 aromatic carbocycles. The van der Waals surface area contributed by atoms with Gasteiger partial charge in [-0.25, -0.2) is 9.97 Å². The number of anilines is 1. The maximum absolute atomic E-state index is 8.60. The highest BCUT2D eigenvalue weighted by molar-refractivity contribution is 6.28. The van der Waals surface area contributed by atoms with Crippen molar-refractivity contribution in [2.24, 2.45) is 0 Å². The molecule has 0 unspecified atom stereocenters. The van der Waals surface area contributed by atoms with Gasteiger partial charge in [0.05, 0.1) is 0 Å². The van der Waals surface area contributed by atoms with Gasteiger partial charge in [0, 0.05) is 24.9 Å². The Kier molecular flexibility index (Phi) is 4.62. The molecule has 0 aliphatic carbocycles. The van der Waals surface area contributed by atoms with E-state index >= 15 is 0 Å². The van der Waals surface area contributed by atoms with Crippen molar-refractivity contribution < 1.29 is 5.11 Å². The summed E-state index contributed by atoms with van der Waals surface area (Å²) in [7, 11) is 0. The van der Waals surface area contributed by atoms with E-state index in [0.717, 1.165) is 17.9 Å². The molecule has 0 spiro atoms. The number of aliphatic hydroxyl groups is 1. The van der Waals surface area contributed by atoms with Gasteiger partial charge >= 0.3 is 0 Å². The van der Waals surface area contributed by atoms with Crippen LogP contribution in [0, 0.1) is 0 Å². The monoisotopic (exact) mass is 215 g/mol. The molecule has 0 fully saturated rings. The van der Waals surface area contributed by atoms with Gasteiger partial charge in [0.25, 0.3) is 0 Å². The Labute approximate surface area is 88.3 Å². The Morgan fingerprint density at radius 3 is 2.93 bits per heavy atom. The highest BCUT2D eigenvalue weighted by Gasteiger charge is 2.00. The summed E-state index contributed by atoms with van der Waals surface area (Å²) in [6.07, 6.45) is 1.53. The molecule has 1 heterocycles. The van der Waals surface area contributed by atoms with Crippen molar-refractivity contribution in [2.75, 3.05) is 18.5 Å². The third kappa shape index (κ3) is 3.47. The SMILES string of the molecule is CCc1cc(NCCCO)nc(Cl)n1. The summed E-state index contributed by atoms with van der Waals surface area (Å²) in [5, 5.41) is 11.9. The first kappa shape index (κ1) is 11.2. The number of hydrogen-bond acceptors (Lipinski definition) is 4. The van der Waals surface area contributed by atoms with Crippen molar-refractivity contribution in [1.29, 1.82) is 0 Å². The number of halogens is 1. The molecule has 4 nitrogen and oxygen atoms in total. The quantitative estimate of drug-likeness (QED) is 0.577. The van der Waals surface area contributed by atoms with Gasteiger partial charge < -0.3 is 10.4 Å². The van der Waals surface area contributed by atoms with Crippen LogP contribution in [0.5, 0.6) is 0 Å². The molecule has 1 aromatic rings. The van der Waals surface area contributed by atoms with E-state index in [1.807, 2.05) is 13.0 Å². The summed E-state index contributed by atoms with van der Waals surface area (Å²) in [4.78, 5) is 8.06. The van der Waals surface area contributed by atoms with Crippen LogP contribution in [0.3, 0.4) is 0 Å². The van der Waals surface area contributed by atoms with Gasteiger partial charge in [0.1, 0.15) is 5.82 Å². The Balaban J connectivity index is 2.62. The lowest BCUT2D eigenvalue weighted by atomic mass is 10.3. The molecule has 5 heteroatoms. The number of rotatable bonds is 5. The van der Waals surface area contributed by atoms with Crippen molar-refractivity contribution >= 4 is 17.4 Å². The predicted octanol–water partition coefficient (Wildman–Crippen LogP) is 1.49. The van der Waals surface area contributed by atoms with Crippen molar-refractivity contribution in [1.82, 2.24) is 9.97 Å². The third-order valence-corrected chi connectivity index (χ3v) is 1.92. The summed E-state index contributed by atoms with van der Waals surface area (Å²) >= 11 is 5.73. The minimum atomic E-state index is 0.173. The van der Waals surface area contributed by atoms with Crippen LogP contribution >= 0.6 is 11.6 Å². The molecule has 0 saturated carbocycles. The topological polar surface area (TPSA) is 58.0 Å². The van der Waals surface area contributed by atoms with Gasteiger partial charge in [-0.1, -0.05) is 6.92 Å². The zero-order valence-electron chi connectivity index (χ0n) is 8.13. The van der Waals surface area contributed by atoms with Gasteiger partial charge in [0.2, 0.25) is 5.28 Å². The van der Waals surface area contributed by atoms with E-state index in [0.29, 0.717) is 13.0 Å². The molecule has 0 saturated heterocycles. The third-order valence-electron chi connectivity index (χ3n) is 1.76. The highest BCUT2D eigenvalue weighted by Crippen LogP contribution is 2.10. The second-order valence-corrected chi connectivity index (χ2v) is 3.21. The van der Waals surface area contributed by atoms with E-state index in [2.05, 4.69) is 15.3 Å². The Bertz CT molecular complexity index is 293. The normalized spacial score (nSPS) is 10.2. The van der Waals surface area contributed by atoms with Crippen molar-refractivity contribution in [3.8, 4) is 0 Å². The number of aromatic nitrogens is 2. The van der Waals surface area contributed by atoms with Crippen LogP contribution in [0.15, 0.2) is 6.07 Å². The van der Waals surface area contributed by atoms with Crippen LogP contribution < -0.4 is 5.32 Å². The van der Waals surface area contributed by atoms with Crippen molar-refractivity contribution in [2.45, 2.75) is 19.8 Å². The van der Waals surface area contributed by atoms with Crippen LogP contribution in [-0.2, 0) is 6.42 Å².